The molecule has 0 bridgehead atoms. The lowest BCUT2D eigenvalue weighted by Crippen LogP contribution is -2.52. The van der Waals surface area contributed by atoms with Gasteiger partial charge in [0.05, 0.1) is 12.8 Å². The van der Waals surface area contributed by atoms with Crippen LogP contribution in [0.4, 0.5) is 5.69 Å². The number of halogens is 1. The molecule has 0 saturated heterocycles. The lowest BCUT2D eigenvalue weighted by atomic mass is 9.92. The highest BCUT2D eigenvalue weighted by Crippen LogP contribution is 2.37. The molecule has 0 aromatic heterocycles. The van der Waals surface area contributed by atoms with Crippen molar-refractivity contribution >= 4 is 34.0 Å². The van der Waals surface area contributed by atoms with Gasteiger partial charge in [0.25, 0.3) is 5.91 Å². The minimum atomic E-state index is -3.91. The van der Waals surface area contributed by atoms with Crippen LogP contribution in [0.1, 0.15) is 27.2 Å². The molecule has 1 unspecified atom stereocenters. The first-order valence-corrected chi connectivity index (χ1v) is 9.47. The van der Waals surface area contributed by atoms with Crippen molar-refractivity contribution in [2.45, 2.75) is 37.6 Å². The third-order valence-corrected chi connectivity index (χ3v) is 5.54. The maximum absolute atomic E-state index is 12.9. The number of amides is 1. The van der Waals surface area contributed by atoms with E-state index < -0.39 is 15.6 Å². The Bertz CT molecular complexity index is 769. The lowest BCUT2D eigenvalue weighted by molar-refractivity contribution is -0.118. The summed E-state index contributed by atoms with van der Waals surface area (Å²) in [7, 11) is -2.55. The molecule has 0 aliphatic carbocycles. The molecule has 8 nitrogen and oxygen atoms in total. The number of carbonyl (C=O) groups is 1. The van der Waals surface area contributed by atoms with E-state index in [0.717, 1.165) is 0 Å². The number of hydrogen-bond donors (Lipinski definition) is 3. The predicted molar refractivity (Wildman–Crippen MR) is 102 cm³/mol. The van der Waals surface area contributed by atoms with Gasteiger partial charge in [-0.15, -0.1) is 12.4 Å². The number of methoxy groups -OCH3 is 1. The molecule has 1 heterocycles. The third-order valence-electron chi connectivity index (χ3n) is 3.88. The van der Waals surface area contributed by atoms with Crippen LogP contribution in [-0.4, -0.2) is 40.1 Å². The lowest BCUT2D eigenvalue weighted by Gasteiger charge is -2.31. The van der Waals surface area contributed by atoms with Gasteiger partial charge in [0.15, 0.2) is 6.61 Å². The largest absolute Gasteiger partial charge is 0.495 e. The van der Waals surface area contributed by atoms with Crippen molar-refractivity contribution < 1.29 is 22.7 Å². The quantitative estimate of drug-likeness (QED) is 0.629. The smallest absolute Gasteiger partial charge is 0.262 e. The van der Waals surface area contributed by atoms with Gasteiger partial charge in [0.2, 0.25) is 10.0 Å². The molecule has 1 aliphatic rings. The normalized spacial score (nSPS) is 16.0. The number of hydrogen-bond acceptors (Lipinski definition) is 6. The van der Waals surface area contributed by atoms with Crippen LogP contribution in [0.5, 0.6) is 11.5 Å². The van der Waals surface area contributed by atoms with Crippen LogP contribution in [0, 0.1) is 5.92 Å². The fourth-order valence-electron chi connectivity index (χ4n) is 2.90. The van der Waals surface area contributed by atoms with Crippen molar-refractivity contribution in [3.05, 3.63) is 12.1 Å². The fraction of sp³-hybridized carbons (Fsp3) is 0.562. The highest BCUT2D eigenvalue weighted by molar-refractivity contribution is 7.89. The molecule has 2 rings (SSSR count). The molecule has 4 N–H and O–H groups in total. The molecule has 0 radical (unpaired) electrons. The van der Waals surface area contributed by atoms with Crippen molar-refractivity contribution in [3.63, 3.8) is 0 Å². The summed E-state index contributed by atoms with van der Waals surface area (Å²) in [5, 5.41) is 2.62. The van der Waals surface area contributed by atoms with Crippen LogP contribution in [-0.2, 0) is 14.8 Å². The number of benzene rings is 1. The molecule has 26 heavy (non-hydrogen) atoms. The van der Waals surface area contributed by atoms with Gasteiger partial charge in [-0.3, -0.25) is 4.79 Å². The Labute approximate surface area is 160 Å². The van der Waals surface area contributed by atoms with E-state index in [2.05, 4.69) is 10.0 Å². The van der Waals surface area contributed by atoms with Crippen molar-refractivity contribution in [1.29, 1.82) is 0 Å². The zero-order chi connectivity index (χ0) is 18.8. The van der Waals surface area contributed by atoms with Crippen LogP contribution < -0.4 is 25.2 Å². The van der Waals surface area contributed by atoms with Crippen molar-refractivity contribution in [1.82, 2.24) is 4.72 Å². The summed E-state index contributed by atoms with van der Waals surface area (Å²) in [6.07, 6.45) is 0.586. The molecule has 1 aromatic carbocycles. The van der Waals surface area contributed by atoms with Crippen LogP contribution in [0.25, 0.3) is 0 Å². The summed E-state index contributed by atoms with van der Waals surface area (Å²) >= 11 is 0. The molecule has 148 valence electrons. The summed E-state index contributed by atoms with van der Waals surface area (Å²) in [6.45, 7) is 5.76. The second kappa shape index (κ2) is 8.43. The molecule has 0 spiro atoms. The number of carbonyl (C=O) groups excluding carboxylic acids is 1. The Kier molecular flexibility index (Phi) is 7.29. The highest BCUT2D eigenvalue weighted by Gasteiger charge is 2.33. The summed E-state index contributed by atoms with van der Waals surface area (Å²) in [5.41, 5.74) is 5.39. The Morgan fingerprint density at radius 2 is 2.08 bits per heavy atom. The molecule has 0 fully saturated rings. The first kappa shape index (κ1) is 22.5. The first-order chi connectivity index (χ1) is 11.6. The van der Waals surface area contributed by atoms with E-state index in [-0.39, 0.29) is 53.8 Å². The summed E-state index contributed by atoms with van der Waals surface area (Å²) in [4.78, 5) is 11.4. The molecule has 1 aromatic rings. The third kappa shape index (κ3) is 5.00. The van der Waals surface area contributed by atoms with Gasteiger partial charge < -0.3 is 20.5 Å². The molecular formula is C16H26ClN3O5S. The minimum absolute atomic E-state index is 0. The van der Waals surface area contributed by atoms with Gasteiger partial charge in [-0.05, 0) is 19.3 Å². The monoisotopic (exact) mass is 407 g/mol. The van der Waals surface area contributed by atoms with Gasteiger partial charge in [-0.25, -0.2) is 13.1 Å². The van der Waals surface area contributed by atoms with Crippen LogP contribution in [0.15, 0.2) is 17.0 Å². The van der Waals surface area contributed by atoms with Crippen LogP contribution in [0.2, 0.25) is 0 Å². The molecule has 0 saturated carbocycles. The number of anilines is 1. The zero-order valence-electron chi connectivity index (χ0n) is 15.3. The van der Waals surface area contributed by atoms with Gasteiger partial charge in [-0.2, -0.15) is 0 Å². The SMILES string of the molecule is COc1cc2c(cc1S(=O)(=O)NC(C)(CN)CC(C)C)OCC(=O)N2.Cl. The van der Waals surface area contributed by atoms with Gasteiger partial charge >= 0.3 is 0 Å². The number of rotatable bonds is 7. The van der Waals surface area contributed by atoms with Crippen molar-refractivity contribution in [3.8, 4) is 11.5 Å². The maximum atomic E-state index is 12.9. The van der Waals surface area contributed by atoms with E-state index in [1.54, 1.807) is 6.92 Å². The second-order valence-corrected chi connectivity index (χ2v) is 8.46. The average Bonchev–Trinajstić information content (AvgIpc) is 2.52. The van der Waals surface area contributed by atoms with E-state index in [1.807, 2.05) is 13.8 Å². The van der Waals surface area contributed by atoms with Crippen molar-refractivity contribution in [2.24, 2.45) is 11.7 Å². The van der Waals surface area contributed by atoms with E-state index in [0.29, 0.717) is 12.1 Å². The van der Waals surface area contributed by atoms with E-state index >= 15 is 0 Å². The Balaban J connectivity index is 0.00000338. The molecule has 1 aliphatic heterocycles. The van der Waals surface area contributed by atoms with E-state index in [1.165, 1.54) is 19.2 Å². The second-order valence-electron chi connectivity index (χ2n) is 6.80. The van der Waals surface area contributed by atoms with Crippen LogP contribution in [0.3, 0.4) is 0 Å². The van der Waals surface area contributed by atoms with E-state index in [9.17, 15) is 13.2 Å². The summed E-state index contributed by atoms with van der Waals surface area (Å²) in [5.74, 6) is 0.344. The highest BCUT2D eigenvalue weighted by atomic mass is 35.5. The predicted octanol–water partition coefficient (Wildman–Crippen LogP) is 1.49. The maximum Gasteiger partial charge on any atom is 0.262 e. The first-order valence-electron chi connectivity index (χ1n) is 7.99. The van der Waals surface area contributed by atoms with E-state index in [4.69, 9.17) is 15.2 Å². The zero-order valence-corrected chi connectivity index (χ0v) is 16.9. The number of fused-ring (bicyclic) bond motifs is 1. The molecule has 1 atom stereocenters. The molecule has 10 heteroatoms. The Morgan fingerprint density at radius 1 is 1.42 bits per heavy atom. The van der Waals surface area contributed by atoms with Gasteiger partial charge in [-0.1, -0.05) is 13.8 Å². The Hall–Kier alpha value is -1.55. The number of nitrogens with two attached hydrogens (primary N) is 1. The fourth-order valence-corrected chi connectivity index (χ4v) is 4.50. The standard InChI is InChI=1S/C16H25N3O5S.ClH/c1-10(2)7-16(3,9-17)19-25(21,22)14-6-12-11(5-13(14)23-4)18-15(20)8-24-12;/h5-6,10,19H,7-9,17H2,1-4H3,(H,18,20);1H. The van der Waals surface area contributed by atoms with Crippen molar-refractivity contribution in [2.75, 3.05) is 25.6 Å². The number of ether oxygens (including phenoxy) is 2. The minimum Gasteiger partial charge on any atom is -0.495 e. The van der Waals surface area contributed by atoms with Gasteiger partial charge in [0, 0.05) is 24.2 Å². The number of sulfonamides is 1. The van der Waals surface area contributed by atoms with Crippen LogP contribution >= 0.6 is 12.4 Å². The average molecular weight is 408 g/mol. The molecular weight excluding hydrogens is 382 g/mol. The summed E-state index contributed by atoms with van der Waals surface area (Å²) < 4.78 is 39.1. The molecule has 1 amide bonds. The topological polar surface area (TPSA) is 120 Å². The number of nitrogens with one attached hydrogen (secondary N) is 2. The van der Waals surface area contributed by atoms with Gasteiger partial charge in [0.1, 0.15) is 16.4 Å². The Morgan fingerprint density at radius 3 is 2.62 bits per heavy atom. The summed E-state index contributed by atoms with van der Waals surface area (Å²) in [6, 6.07) is 2.78.